The van der Waals surface area contributed by atoms with Crippen LogP contribution in [0.5, 0.6) is 0 Å². The summed E-state index contributed by atoms with van der Waals surface area (Å²) in [5.74, 6) is 2.26. The van der Waals surface area contributed by atoms with Gasteiger partial charge in [0.05, 0.1) is 0 Å². The first kappa shape index (κ1) is 25.7. The van der Waals surface area contributed by atoms with Gasteiger partial charge in [-0.1, -0.05) is 57.6 Å². The van der Waals surface area contributed by atoms with Gasteiger partial charge in [0, 0.05) is 16.4 Å². The van der Waals surface area contributed by atoms with Crippen LogP contribution in [0.15, 0.2) is 47.1 Å². The summed E-state index contributed by atoms with van der Waals surface area (Å²) < 4.78 is 0. The minimum absolute atomic E-state index is 0.0833. The normalized spacial score (nSPS) is 35.2. The number of carbonyl (C=O) groups is 2. The molecule has 0 radical (unpaired) electrons. The monoisotopic (exact) mass is 452 g/mol. The average molecular weight is 453 g/mol. The Bertz CT molecular complexity index is 900. The summed E-state index contributed by atoms with van der Waals surface area (Å²) in [6.45, 7) is 15.4. The molecule has 0 spiro atoms. The van der Waals surface area contributed by atoms with Crippen LogP contribution in [-0.4, -0.2) is 16.9 Å². The lowest BCUT2D eigenvalue weighted by Crippen LogP contribution is -2.44. The molecule has 3 heteroatoms. The van der Waals surface area contributed by atoms with Gasteiger partial charge in [-0.25, -0.2) is 4.79 Å². The summed E-state index contributed by atoms with van der Waals surface area (Å²) in [6.07, 6.45) is 17.2. The molecule has 0 aromatic carbocycles. The van der Waals surface area contributed by atoms with Crippen molar-refractivity contribution in [2.45, 2.75) is 87.0 Å². The average Bonchev–Trinajstić information content (AvgIpc) is 2.80. The molecule has 0 aromatic heterocycles. The maximum Gasteiger partial charge on any atom is 0.330 e. The topological polar surface area (TPSA) is 54.4 Å². The predicted octanol–water partition coefficient (Wildman–Crippen LogP) is 7.55. The van der Waals surface area contributed by atoms with Gasteiger partial charge in [-0.2, -0.15) is 0 Å². The van der Waals surface area contributed by atoms with Crippen LogP contribution in [0.3, 0.4) is 0 Å². The maximum atomic E-state index is 12.7. The summed E-state index contributed by atoms with van der Waals surface area (Å²) in [6, 6.07) is 0. The number of ketones is 1. The highest BCUT2D eigenvalue weighted by atomic mass is 16.4. The van der Waals surface area contributed by atoms with E-state index in [1.807, 2.05) is 12.2 Å². The van der Waals surface area contributed by atoms with Crippen molar-refractivity contribution in [1.29, 1.82) is 0 Å². The zero-order valence-corrected chi connectivity index (χ0v) is 21.8. The van der Waals surface area contributed by atoms with Gasteiger partial charge in [0.1, 0.15) is 0 Å². The van der Waals surface area contributed by atoms with Crippen molar-refractivity contribution < 1.29 is 14.7 Å². The van der Waals surface area contributed by atoms with Crippen LogP contribution in [0.1, 0.15) is 87.0 Å². The van der Waals surface area contributed by atoms with Gasteiger partial charge in [-0.3, -0.25) is 4.79 Å². The fraction of sp³-hybridized carbons (Fsp3) is 0.667. The second-order valence-electron chi connectivity index (χ2n) is 11.8. The Hall–Kier alpha value is -1.90. The van der Waals surface area contributed by atoms with Crippen LogP contribution < -0.4 is 0 Å². The van der Waals surface area contributed by atoms with Gasteiger partial charge in [0.25, 0.3) is 0 Å². The molecule has 1 N–H and O–H groups in total. The van der Waals surface area contributed by atoms with Gasteiger partial charge in [-0.15, -0.1) is 0 Å². The van der Waals surface area contributed by atoms with Crippen molar-refractivity contribution in [2.75, 3.05) is 0 Å². The van der Waals surface area contributed by atoms with E-state index in [0.717, 1.165) is 19.3 Å². The smallest absolute Gasteiger partial charge is 0.330 e. The highest BCUT2D eigenvalue weighted by Gasteiger charge is 2.50. The summed E-state index contributed by atoms with van der Waals surface area (Å²) in [5, 5.41) is 9.12. The van der Waals surface area contributed by atoms with E-state index in [2.05, 4.69) is 59.8 Å². The molecule has 0 heterocycles. The first-order valence-corrected chi connectivity index (χ1v) is 13.0. The number of fused-ring (bicyclic) bond motifs is 3. The lowest BCUT2D eigenvalue weighted by molar-refractivity contribution is -0.132. The zero-order valence-electron chi connectivity index (χ0n) is 21.8. The fourth-order valence-electron chi connectivity index (χ4n) is 6.91. The molecule has 6 atom stereocenters. The van der Waals surface area contributed by atoms with E-state index in [4.69, 9.17) is 5.11 Å². The summed E-state index contributed by atoms with van der Waals surface area (Å²) >= 11 is 0. The van der Waals surface area contributed by atoms with E-state index in [9.17, 15) is 9.59 Å². The van der Waals surface area contributed by atoms with Crippen molar-refractivity contribution in [3.8, 4) is 0 Å². The van der Waals surface area contributed by atoms with Crippen LogP contribution in [0, 0.1) is 40.4 Å². The summed E-state index contributed by atoms with van der Waals surface area (Å²) in [7, 11) is 0. The van der Waals surface area contributed by atoms with Crippen molar-refractivity contribution in [1.82, 2.24) is 0 Å². The quantitative estimate of drug-likeness (QED) is 0.438. The molecule has 0 aliphatic heterocycles. The zero-order chi connectivity index (χ0) is 24.6. The molecule has 0 aromatic rings. The number of carboxylic acids is 1. The van der Waals surface area contributed by atoms with Crippen LogP contribution in [0.4, 0.5) is 0 Å². The third-order valence-corrected chi connectivity index (χ3v) is 9.30. The molecule has 3 aliphatic carbocycles. The molecule has 3 nitrogen and oxygen atoms in total. The van der Waals surface area contributed by atoms with Crippen LogP contribution in [-0.2, 0) is 9.59 Å². The van der Waals surface area contributed by atoms with E-state index in [0.29, 0.717) is 35.2 Å². The Balaban J connectivity index is 1.81. The van der Waals surface area contributed by atoms with Crippen LogP contribution in [0.2, 0.25) is 0 Å². The van der Waals surface area contributed by atoms with Gasteiger partial charge in [0.2, 0.25) is 0 Å². The minimum Gasteiger partial charge on any atom is -0.478 e. The van der Waals surface area contributed by atoms with Gasteiger partial charge < -0.3 is 5.11 Å². The lowest BCUT2D eigenvalue weighted by Gasteiger charge is -2.49. The van der Waals surface area contributed by atoms with E-state index in [1.165, 1.54) is 24.8 Å². The number of allylic oxidation sites excluding steroid dienone is 7. The number of aliphatic carboxylic acids is 1. The Morgan fingerprint density at radius 1 is 1.15 bits per heavy atom. The summed E-state index contributed by atoms with van der Waals surface area (Å²) in [5.41, 5.74) is 2.78. The first-order chi connectivity index (χ1) is 15.4. The van der Waals surface area contributed by atoms with Gasteiger partial charge in [-0.05, 0) is 101 Å². The van der Waals surface area contributed by atoms with Gasteiger partial charge >= 0.3 is 5.97 Å². The van der Waals surface area contributed by atoms with Crippen molar-refractivity contribution >= 4 is 11.8 Å². The highest BCUT2D eigenvalue weighted by Crippen LogP contribution is 2.57. The Morgan fingerprint density at radius 2 is 1.85 bits per heavy atom. The number of carboxylic acid groups (broad SMARTS) is 1. The molecule has 0 saturated heterocycles. The molecule has 182 valence electrons. The third kappa shape index (κ3) is 4.98. The lowest BCUT2D eigenvalue weighted by atomic mass is 9.53. The SMILES string of the molecule is C/C(=C/CC[C@@H](C)[C@H]1CC[C@@H](C)C2=CC=C3C(C)(C)C(=O)C=C[C@]3(C)[C@H]2CC[C@@H]1C)C(=O)O. The molecule has 0 unspecified atom stereocenters. The Morgan fingerprint density at radius 3 is 2.52 bits per heavy atom. The molecule has 0 amide bonds. The maximum absolute atomic E-state index is 12.7. The minimum atomic E-state index is -0.814. The molecule has 0 bridgehead atoms. The number of carbonyl (C=O) groups excluding carboxylic acids is 1. The van der Waals surface area contributed by atoms with Crippen molar-refractivity contribution in [3.05, 3.63) is 47.1 Å². The molecule has 1 fully saturated rings. The summed E-state index contributed by atoms with van der Waals surface area (Å²) in [4.78, 5) is 23.8. The molecule has 3 aliphatic rings. The van der Waals surface area contributed by atoms with E-state index in [-0.39, 0.29) is 11.2 Å². The van der Waals surface area contributed by atoms with Crippen molar-refractivity contribution in [2.24, 2.45) is 40.4 Å². The third-order valence-electron chi connectivity index (χ3n) is 9.30. The molecule has 33 heavy (non-hydrogen) atoms. The highest BCUT2D eigenvalue weighted by molar-refractivity contribution is 5.98. The molecule has 1 saturated carbocycles. The molecule has 3 rings (SSSR count). The largest absolute Gasteiger partial charge is 0.478 e. The van der Waals surface area contributed by atoms with E-state index >= 15 is 0 Å². The fourth-order valence-corrected chi connectivity index (χ4v) is 6.91. The second kappa shape index (κ2) is 9.76. The number of rotatable bonds is 5. The van der Waals surface area contributed by atoms with Gasteiger partial charge in [0.15, 0.2) is 5.78 Å². The predicted molar refractivity (Wildman–Crippen MR) is 136 cm³/mol. The van der Waals surface area contributed by atoms with Crippen LogP contribution in [0.25, 0.3) is 0 Å². The van der Waals surface area contributed by atoms with Crippen molar-refractivity contribution in [3.63, 3.8) is 0 Å². The van der Waals surface area contributed by atoms with E-state index in [1.54, 1.807) is 12.5 Å². The Labute approximate surface area is 201 Å². The van der Waals surface area contributed by atoms with Crippen LogP contribution >= 0.6 is 0 Å². The van der Waals surface area contributed by atoms with E-state index < -0.39 is 11.4 Å². The first-order valence-electron chi connectivity index (χ1n) is 13.0. The number of hydrogen-bond donors (Lipinski definition) is 1. The number of hydrogen-bond acceptors (Lipinski definition) is 2. The second-order valence-corrected chi connectivity index (χ2v) is 11.8. The molecular formula is C30H44O3. The Kier molecular flexibility index (Phi) is 7.61. The standard InChI is InChI=1S/C30H44O3/c1-19(9-8-10-22(4)28(32)33)23-13-11-21(3)24-14-16-26-29(5,6)27(31)17-18-30(26,7)25(24)15-12-20(23)2/h10,14,16-21,23,25H,8-9,11-13,15H2,1-7H3,(H,32,33)/b22-10-/t19-,20+,21-,23-,25+,30-/m1/s1. The molecular weight excluding hydrogens is 408 g/mol.